The van der Waals surface area contributed by atoms with Gasteiger partial charge in [0.2, 0.25) is 0 Å². The lowest BCUT2D eigenvalue weighted by atomic mass is 10.2. The molecule has 2 saturated heterocycles. The SMILES string of the molecule is CN1CCNCC1c1noc(-c2ccc(OCC3CCCO3)cc2)n1.Cl. The van der Waals surface area contributed by atoms with Gasteiger partial charge in [-0.05, 0) is 44.2 Å². The Bertz CT molecular complexity index is 688. The van der Waals surface area contributed by atoms with Crippen molar-refractivity contribution in [2.24, 2.45) is 0 Å². The van der Waals surface area contributed by atoms with Crippen LogP contribution in [-0.4, -0.2) is 61.0 Å². The van der Waals surface area contributed by atoms with Crippen molar-refractivity contribution in [2.45, 2.75) is 25.0 Å². The Balaban J connectivity index is 0.00000196. The van der Waals surface area contributed by atoms with Gasteiger partial charge < -0.3 is 19.3 Å². The van der Waals surface area contributed by atoms with E-state index in [0.29, 0.717) is 12.5 Å². The molecule has 1 N–H and O–H groups in total. The topological polar surface area (TPSA) is 72.7 Å². The first kappa shape index (κ1) is 19.1. The fraction of sp³-hybridized carbons (Fsp3) is 0.556. The molecule has 3 heterocycles. The monoisotopic (exact) mass is 380 g/mol. The molecule has 0 saturated carbocycles. The van der Waals surface area contributed by atoms with Crippen molar-refractivity contribution in [1.29, 1.82) is 0 Å². The quantitative estimate of drug-likeness (QED) is 0.853. The second kappa shape index (κ2) is 8.81. The summed E-state index contributed by atoms with van der Waals surface area (Å²) in [4.78, 5) is 6.82. The van der Waals surface area contributed by atoms with Crippen molar-refractivity contribution in [1.82, 2.24) is 20.4 Å². The first-order valence-corrected chi connectivity index (χ1v) is 8.89. The summed E-state index contributed by atoms with van der Waals surface area (Å²) in [6.07, 6.45) is 2.42. The minimum atomic E-state index is 0. The normalized spacial score (nSPS) is 23.6. The van der Waals surface area contributed by atoms with E-state index in [1.165, 1.54) is 0 Å². The summed E-state index contributed by atoms with van der Waals surface area (Å²) in [6.45, 7) is 4.26. The van der Waals surface area contributed by atoms with Crippen LogP contribution in [0.4, 0.5) is 0 Å². The molecule has 0 aliphatic carbocycles. The molecule has 4 rings (SSSR count). The van der Waals surface area contributed by atoms with Gasteiger partial charge in [0.15, 0.2) is 5.82 Å². The third-order valence-electron chi connectivity index (χ3n) is 4.81. The van der Waals surface area contributed by atoms with Crippen molar-refractivity contribution >= 4 is 12.4 Å². The Labute approximate surface area is 159 Å². The lowest BCUT2D eigenvalue weighted by Gasteiger charge is -2.30. The van der Waals surface area contributed by atoms with Crippen LogP contribution in [0, 0.1) is 0 Å². The zero-order chi connectivity index (χ0) is 17.1. The lowest BCUT2D eigenvalue weighted by molar-refractivity contribution is 0.0679. The summed E-state index contributed by atoms with van der Waals surface area (Å²) in [6, 6.07) is 7.92. The summed E-state index contributed by atoms with van der Waals surface area (Å²) in [7, 11) is 2.09. The summed E-state index contributed by atoms with van der Waals surface area (Å²) >= 11 is 0. The summed E-state index contributed by atoms with van der Waals surface area (Å²) in [5.41, 5.74) is 0.898. The van der Waals surface area contributed by atoms with Crippen LogP contribution < -0.4 is 10.1 Å². The Morgan fingerprint density at radius 1 is 1.31 bits per heavy atom. The molecular formula is C18H25ClN4O3. The highest BCUT2D eigenvalue weighted by atomic mass is 35.5. The van der Waals surface area contributed by atoms with Crippen molar-refractivity contribution in [2.75, 3.05) is 39.9 Å². The minimum Gasteiger partial charge on any atom is -0.491 e. The molecule has 0 radical (unpaired) electrons. The van der Waals surface area contributed by atoms with Crippen LogP contribution in [0.15, 0.2) is 28.8 Å². The zero-order valence-corrected chi connectivity index (χ0v) is 15.7. The summed E-state index contributed by atoms with van der Waals surface area (Å²) in [5.74, 6) is 2.10. The molecule has 142 valence electrons. The first-order valence-electron chi connectivity index (χ1n) is 8.89. The third-order valence-corrected chi connectivity index (χ3v) is 4.81. The smallest absolute Gasteiger partial charge is 0.257 e. The fourth-order valence-corrected chi connectivity index (χ4v) is 3.24. The van der Waals surface area contributed by atoms with Gasteiger partial charge in [0.25, 0.3) is 5.89 Å². The standard InChI is InChI=1S/C18H24N4O3.ClH/c1-22-9-8-19-11-16(22)17-20-18(25-21-17)13-4-6-14(7-5-13)24-12-15-3-2-10-23-15;/h4-7,15-16,19H,2-3,8-12H2,1H3;1H. The van der Waals surface area contributed by atoms with Gasteiger partial charge in [0.1, 0.15) is 12.4 Å². The summed E-state index contributed by atoms with van der Waals surface area (Å²) in [5, 5.41) is 7.53. The van der Waals surface area contributed by atoms with Crippen LogP contribution in [0.25, 0.3) is 11.5 Å². The first-order chi connectivity index (χ1) is 12.3. The maximum absolute atomic E-state index is 5.79. The molecule has 0 amide bonds. The van der Waals surface area contributed by atoms with E-state index in [9.17, 15) is 0 Å². The highest BCUT2D eigenvalue weighted by Gasteiger charge is 2.25. The number of piperazine rings is 1. The van der Waals surface area contributed by atoms with Gasteiger partial charge in [0, 0.05) is 31.8 Å². The average molecular weight is 381 g/mol. The molecule has 8 heteroatoms. The fourth-order valence-electron chi connectivity index (χ4n) is 3.24. The van der Waals surface area contributed by atoms with Crippen LogP contribution in [-0.2, 0) is 4.74 Å². The number of rotatable bonds is 5. The predicted molar refractivity (Wildman–Crippen MR) is 99.7 cm³/mol. The highest BCUT2D eigenvalue weighted by molar-refractivity contribution is 5.85. The number of hydrogen-bond acceptors (Lipinski definition) is 7. The molecule has 2 aromatic rings. The molecule has 2 fully saturated rings. The van der Waals surface area contributed by atoms with E-state index in [-0.39, 0.29) is 24.6 Å². The number of ether oxygens (including phenoxy) is 2. The Hall–Kier alpha value is -1.67. The molecule has 2 atom stereocenters. The molecule has 1 aromatic heterocycles. The molecule has 2 aliphatic heterocycles. The number of halogens is 1. The van der Waals surface area contributed by atoms with E-state index in [1.54, 1.807) is 0 Å². The van der Waals surface area contributed by atoms with Crippen molar-refractivity contribution in [3.8, 4) is 17.2 Å². The van der Waals surface area contributed by atoms with Gasteiger partial charge in [-0.15, -0.1) is 12.4 Å². The van der Waals surface area contributed by atoms with E-state index in [2.05, 4.69) is 27.4 Å². The van der Waals surface area contributed by atoms with E-state index < -0.39 is 0 Å². The molecule has 2 aliphatic rings. The molecule has 2 unspecified atom stereocenters. The Morgan fingerprint density at radius 2 is 2.15 bits per heavy atom. The highest BCUT2D eigenvalue weighted by Crippen LogP contribution is 2.25. The van der Waals surface area contributed by atoms with Gasteiger partial charge in [-0.25, -0.2) is 0 Å². The van der Waals surface area contributed by atoms with Crippen molar-refractivity contribution < 1.29 is 14.0 Å². The number of likely N-dealkylation sites (N-methyl/N-ethyl adjacent to an activating group) is 1. The largest absolute Gasteiger partial charge is 0.491 e. The summed E-state index contributed by atoms with van der Waals surface area (Å²) < 4.78 is 16.8. The van der Waals surface area contributed by atoms with Gasteiger partial charge in [-0.3, -0.25) is 4.90 Å². The maximum atomic E-state index is 5.79. The van der Waals surface area contributed by atoms with Crippen LogP contribution in [0.3, 0.4) is 0 Å². The Morgan fingerprint density at radius 3 is 2.88 bits per heavy atom. The number of aromatic nitrogens is 2. The van der Waals surface area contributed by atoms with Crippen molar-refractivity contribution in [3.63, 3.8) is 0 Å². The van der Waals surface area contributed by atoms with E-state index in [4.69, 9.17) is 14.0 Å². The van der Waals surface area contributed by atoms with Gasteiger partial charge in [-0.2, -0.15) is 4.98 Å². The van der Waals surface area contributed by atoms with Gasteiger partial charge >= 0.3 is 0 Å². The van der Waals surface area contributed by atoms with Crippen LogP contribution in [0.5, 0.6) is 5.75 Å². The zero-order valence-electron chi connectivity index (χ0n) is 14.9. The minimum absolute atomic E-state index is 0. The second-order valence-electron chi connectivity index (χ2n) is 6.63. The molecule has 0 spiro atoms. The molecule has 0 bridgehead atoms. The number of nitrogens with zero attached hydrogens (tertiary/aromatic N) is 3. The van der Waals surface area contributed by atoms with Gasteiger partial charge in [0.05, 0.1) is 12.1 Å². The number of nitrogens with one attached hydrogen (secondary N) is 1. The van der Waals surface area contributed by atoms with Crippen LogP contribution >= 0.6 is 12.4 Å². The average Bonchev–Trinajstić information content (AvgIpc) is 3.33. The Kier molecular flexibility index (Phi) is 6.48. The predicted octanol–water partition coefficient (Wildman–Crippen LogP) is 2.29. The van der Waals surface area contributed by atoms with Crippen LogP contribution in [0.2, 0.25) is 0 Å². The van der Waals surface area contributed by atoms with Gasteiger partial charge in [-0.1, -0.05) is 5.16 Å². The van der Waals surface area contributed by atoms with E-state index in [1.807, 2.05) is 24.3 Å². The number of benzene rings is 1. The van der Waals surface area contributed by atoms with E-state index in [0.717, 1.165) is 56.2 Å². The maximum Gasteiger partial charge on any atom is 0.257 e. The van der Waals surface area contributed by atoms with Crippen LogP contribution in [0.1, 0.15) is 24.7 Å². The second-order valence-corrected chi connectivity index (χ2v) is 6.63. The number of hydrogen-bond donors (Lipinski definition) is 1. The molecule has 26 heavy (non-hydrogen) atoms. The molecular weight excluding hydrogens is 356 g/mol. The third kappa shape index (κ3) is 4.35. The lowest BCUT2D eigenvalue weighted by Crippen LogP contribution is -2.44. The molecule has 7 nitrogen and oxygen atoms in total. The van der Waals surface area contributed by atoms with E-state index >= 15 is 0 Å². The molecule has 1 aromatic carbocycles. The van der Waals surface area contributed by atoms with Crippen molar-refractivity contribution in [3.05, 3.63) is 30.1 Å².